The van der Waals surface area contributed by atoms with E-state index < -0.39 is 0 Å². The molecule has 0 aliphatic carbocycles. The summed E-state index contributed by atoms with van der Waals surface area (Å²) in [6.45, 7) is 5.72. The van der Waals surface area contributed by atoms with Gasteiger partial charge in [0.15, 0.2) is 5.78 Å². The van der Waals surface area contributed by atoms with Gasteiger partial charge in [-0.1, -0.05) is 6.92 Å². The number of rotatable bonds is 3. The molecule has 0 aromatic carbocycles. The van der Waals surface area contributed by atoms with Crippen molar-refractivity contribution in [2.45, 2.75) is 44.7 Å². The van der Waals surface area contributed by atoms with Crippen LogP contribution in [-0.2, 0) is 4.79 Å². The van der Waals surface area contributed by atoms with Crippen LogP contribution in [0.25, 0.3) is 0 Å². The van der Waals surface area contributed by atoms with E-state index in [-0.39, 0.29) is 6.04 Å². The molecule has 4 heterocycles. The second kappa shape index (κ2) is 4.36. The van der Waals surface area contributed by atoms with Gasteiger partial charge in [-0.15, -0.1) is 0 Å². The van der Waals surface area contributed by atoms with Gasteiger partial charge in [0.1, 0.15) is 0 Å². The molecular formula is C14H24N2O. The lowest BCUT2D eigenvalue weighted by atomic mass is 9.73. The molecule has 4 aliphatic heterocycles. The molecule has 0 N–H and O–H groups in total. The molecule has 3 nitrogen and oxygen atoms in total. The molecule has 0 aromatic rings. The Morgan fingerprint density at radius 3 is 2.65 bits per heavy atom. The third-order valence-electron chi connectivity index (χ3n) is 5.16. The Kier molecular flexibility index (Phi) is 2.99. The van der Waals surface area contributed by atoms with E-state index in [1.807, 2.05) is 0 Å². The third-order valence-corrected chi connectivity index (χ3v) is 5.16. The summed E-state index contributed by atoms with van der Waals surface area (Å²) in [5.41, 5.74) is 0. The number of carbonyl (C=O) groups excluding carboxylic acids is 1. The average Bonchev–Trinajstić information content (AvgIpc) is 2.69. The van der Waals surface area contributed by atoms with Crippen molar-refractivity contribution in [3.63, 3.8) is 0 Å². The quantitative estimate of drug-likeness (QED) is 0.739. The van der Waals surface area contributed by atoms with Crippen molar-refractivity contribution in [1.29, 1.82) is 0 Å². The van der Waals surface area contributed by atoms with Gasteiger partial charge < -0.3 is 0 Å². The standard InChI is InChI=1S/C14H24N2O/c1-3-4-12(17)14-13-11(9-15(14)2)10-5-7-16(13)8-6-10/h10-11,13-14H,3-9H2,1-2H3. The number of nitrogens with zero attached hydrogens (tertiary/aromatic N) is 2. The van der Waals surface area contributed by atoms with E-state index >= 15 is 0 Å². The number of ketones is 1. The largest absolute Gasteiger partial charge is 0.298 e. The number of likely N-dealkylation sites (N-methyl/N-ethyl adjacent to an activating group) is 1. The molecular weight excluding hydrogens is 212 g/mol. The van der Waals surface area contributed by atoms with Crippen LogP contribution in [-0.4, -0.2) is 54.3 Å². The van der Waals surface area contributed by atoms with Gasteiger partial charge in [-0.05, 0) is 51.2 Å². The highest BCUT2D eigenvalue weighted by Crippen LogP contribution is 2.43. The fraction of sp³-hybridized carbons (Fsp3) is 0.929. The van der Waals surface area contributed by atoms with Crippen LogP contribution in [0.4, 0.5) is 0 Å². The molecule has 4 rings (SSSR count). The van der Waals surface area contributed by atoms with E-state index in [9.17, 15) is 4.79 Å². The van der Waals surface area contributed by atoms with Gasteiger partial charge in [-0.2, -0.15) is 0 Å². The maximum Gasteiger partial charge on any atom is 0.151 e. The SMILES string of the molecule is CCCC(=O)C1C2C(CN1C)C1CCN2CC1. The first kappa shape index (κ1) is 11.7. The topological polar surface area (TPSA) is 23.6 Å². The fourth-order valence-electron chi connectivity index (χ4n) is 4.42. The van der Waals surface area contributed by atoms with Crippen molar-refractivity contribution in [2.24, 2.45) is 11.8 Å². The molecule has 17 heavy (non-hydrogen) atoms. The van der Waals surface area contributed by atoms with E-state index in [2.05, 4.69) is 23.8 Å². The summed E-state index contributed by atoms with van der Waals surface area (Å²) in [6, 6.07) is 0.745. The molecule has 0 saturated carbocycles. The fourth-order valence-corrected chi connectivity index (χ4v) is 4.42. The van der Waals surface area contributed by atoms with Crippen LogP contribution >= 0.6 is 0 Å². The summed E-state index contributed by atoms with van der Waals surface area (Å²) in [5.74, 6) is 2.15. The van der Waals surface area contributed by atoms with Gasteiger partial charge in [0, 0.05) is 19.0 Å². The number of Topliss-reactive ketones (excluding diaryl/α,β-unsaturated/α-hetero) is 1. The summed E-state index contributed by atoms with van der Waals surface area (Å²) in [7, 11) is 2.15. The van der Waals surface area contributed by atoms with E-state index in [0.29, 0.717) is 11.8 Å². The highest BCUT2D eigenvalue weighted by molar-refractivity contribution is 5.85. The summed E-state index contributed by atoms with van der Waals surface area (Å²) in [6.07, 6.45) is 4.48. The molecule has 2 bridgehead atoms. The summed E-state index contributed by atoms with van der Waals surface area (Å²) >= 11 is 0. The Balaban J connectivity index is 1.82. The van der Waals surface area contributed by atoms with Crippen LogP contribution in [0.1, 0.15) is 32.6 Å². The van der Waals surface area contributed by atoms with Crippen LogP contribution in [0, 0.1) is 11.8 Å². The van der Waals surface area contributed by atoms with Crippen LogP contribution in [0.3, 0.4) is 0 Å². The van der Waals surface area contributed by atoms with Crippen molar-refractivity contribution < 1.29 is 4.79 Å². The Morgan fingerprint density at radius 1 is 1.29 bits per heavy atom. The highest BCUT2D eigenvalue weighted by Gasteiger charge is 2.53. The first-order valence-electron chi connectivity index (χ1n) is 7.19. The maximum absolute atomic E-state index is 12.3. The molecule has 4 fully saturated rings. The average molecular weight is 236 g/mol. The lowest BCUT2D eigenvalue weighted by Gasteiger charge is -2.49. The number of likely N-dealkylation sites (tertiary alicyclic amines) is 1. The first-order chi connectivity index (χ1) is 8.22. The van der Waals surface area contributed by atoms with Crippen molar-refractivity contribution >= 4 is 5.78 Å². The second-order valence-electron chi connectivity index (χ2n) is 6.13. The lowest BCUT2D eigenvalue weighted by molar-refractivity contribution is -0.125. The molecule has 3 heteroatoms. The zero-order valence-electron chi connectivity index (χ0n) is 11.1. The molecule has 0 radical (unpaired) electrons. The third kappa shape index (κ3) is 1.75. The minimum Gasteiger partial charge on any atom is -0.298 e. The van der Waals surface area contributed by atoms with Crippen LogP contribution in [0.15, 0.2) is 0 Å². The molecule has 96 valence electrons. The number of carbonyl (C=O) groups is 1. The monoisotopic (exact) mass is 236 g/mol. The number of fused-ring (bicyclic) bond motifs is 2. The highest BCUT2D eigenvalue weighted by atomic mass is 16.1. The second-order valence-corrected chi connectivity index (χ2v) is 6.13. The lowest BCUT2D eigenvalue weighted by Crippen LogP contribution is -2.58. The minimum atomic E-state index is 0.197. The normalized spacial score (nSPS) is 44.9. The molecule has 3 atom stereocenters. The maximum atomic E-state index is 12.3. The molecule has 4 saturated heterocycles. The predicted octanol–water partition coefficient (Wildman–Crippen LogP) is 1.38. The van der Waals surface area contributed by atoms with E-state index in [1.165, 1.54) is 25.9 Å². The van der Waals surface area contributed by atoms with Crippen LogP contribution in [0.2, 0.25) is 0 Å². The van der Waals surface area contributed by atoms with E-state index in [1.54, 1.807) is 0 Å². The predicted molar refractivity (Wildman–Crippen MR) is 67.9 cm³/mol. The van der Waals surface area contributed by atoms with Crippen LogP contribution < -0.4 is 0 Å². The van der Waals surface area contributed by atoms with Gasteiger partial charge >= 0.3 is 0 Å². The molecule has 0 spiro atoms. The van der Waals surface area contributed by atoms with Crippen LogP contribution in [0.5, 0.6) is 0 Å². The molecule has 3 unspecified atom stereocenters. The Morgan fingerprint density at radius 2 is 2.00 bits per heavy atom. The van der Waals surface area contributed by atoms with Gasteiger partial charge in [-0.25, -0.2) is 0 Å². The zero-order valence-corrected chi connectivity index (χ0v) is 11.1. The Hall–Kier alpha value is -0.410. The number of piperidine rings is 3. The number of hydrogen-bond donors (Lipinski definition) is 0. The van der Waals surface area contributed by atoms with Gasteiger partial charge in [0.25, 0.3) is 0 Å². The van der Waals surface area contributed by atoms with Crippen molar-refractivity contribution in [3.8, 4) is 0 Å². The Bertz CT molecular complexity index is 309. The minimum absolute atomic E-state index is 0.197. The molecule has 4 aliphatic rings. The van der Waals surface area contributed by atoms with E-state index in [4.69, 9.17) is 0 Å². The van der Waals surface area contributed by atoms with E-state index in [0.717, 1.165) is 31.2 Å². The van der Waals surface area contributed by atoms with Gasteiger partial charge in [0.2, 0.25) is 0 Å². The van der Waals surface area contributed by atoms with Crippen molar-refractivity contribution in [2.75, 3.05) is 26.7 Å². The number of hydrogen-bond acceptors (Lipinski definition) is 3. The van der Waals surface area contributed by atoms with Gasteiger partial charge in [0.05, 0.1) is 6.04 Å². The molecule has 0 amide bonds. The van der Waals surface area contributed by atoms with Gasteiger partial charge in [-0.3, -0.25) is 14.6 Å². The van der Waals surface area contributed by atoms with Crippen molar-refractivity contribution in [3.05, 3.63) is 0 Å². The Labute approximate surface area is 104 Å². The smallest absolute Gasteiger partial charge is 0.151 e. The van der Waals surface area contributed by atoms with Crippen molar-refractivity contribution in [1.82, 2.24) is 9.80 Å². The summed E-state index contributed by atoms with van der Waals surface area (Å²) < 4.78 is 0. The zero-order chi connectivity index (χ0) is 12.0. The first-order valence-corrected chi connectivity index (χ1v) is 7.19. The summed E-state index contributed by atoms with van der Waals surface area (Å²) in [4.78, 5) is 17.3. The molecule has 0 aromatic heterocycles. The summed E-state index contributed by atoms with van der Waals surface area (Å²) in [5, 5.41) is 0.